The Morgan fingerprint density at radius 3 is 2.35 bits per heavy atom. The molecule has 5 heteroatoms. The van der Waals surface area contributed by atoms with Crippen LogP contribution in [0.4, 0.5) is 0 Å². The molecule has 5 nitrogen and oxygen atoms in total. The molecule has 1 aromatic carbocycles. The van der Waals surface area contributed by atoms with Gasteiger partial charge in [-0.25, -0.2) is 0 Å². The van der Waals surface area contributed by atoms with Crippen molar-refractivity contribution in [2.75, 3.05) is 28.4 Å². The molecular formula is C12H19NO4. The van der Waals surface area contributed by atoms with Crippen molar-refractivity contribution in [1.29, 1.82) is 0 Å². The Balaban J connectivity index is 3.12. The predicted octanol–water partition coefficient (Wildman–Crippen LogP) is 1.50. The normalized spacial score (nSPS) is 10.4. The highest BCUT2D eigenvalue weighted by molar-refractivity contribution is 5.50. The number of ether oxygens (including phenoxy) is 3. The lowest BCUT2D eigenvalue weighted by atomic mass is 10.1. The van der Waals surface area contributed by atoms with Gasteiger partial charge in [-0.05, 0) is 12.1 Å². The fourth-order valence-electron chi connectivity index (χ4n) is 1.68. The molecule has 0 saturated carbocycles. The van der Waals surface area contributed by atoms with Crippen molar-refractivity contribution in [2.45, 2.75) is 13.2 Å². The molecule has 1 aromatic rings. The van der Waals surface area contributed by atoms with Crippen LogP contribution in [-0.2, 0) is 22.7 Å². The van der Waals surface area contributed by atoms with Gasteiger partial charge in [-0.2, -0.15) is 5.48 Å². The zero-order valence-electron chi connectivity index (χ0n) is 10.7. The number of hydrogen-bond donors (Lipinski definition) is 1. The largest absolute Gasteiger partial charge is 0.496 e. The minimum atomic E-state index is 0.493. The van der Waals surface area contributed by atoms with Crippen LogP contribution in [0.3, 0.4) is 0 Å². The van der Waals surface area contributed by atoms with Gasteiger partial charge in [0.25, 0.3) is 0 Å². The van der Waals surface area contributed by atoms with E-state index in [9.17, 15) is 0 Å². The monoisotopic (exact) mass is 241 g/mol. The second-order valence-corrected chi connectivity index (χ2v) is 3.40. The highest BCUT2D eigenvalue weighted by Crippen LogP contribution is 2.32. The topological polar surface area (TPSA) is 49.0 Å². The quantitative estimate of drug-likeness (QED) is 0.733. The summed E-state index contributed by atoms with van der Waals surface area (Å²) in [5, 5.41) is 0. The molecule has 0 saturated heterocycles. The Morgan fingerprint density at radius 1 is 1.06 bits per heavy atom. The molecule has 0 unspecified atom stereocenters. The lowest BCUT2D eigenvalue weighted by molar-refractivity contribution is 0.0853. The van der Waals surface area contributed by atoms with Crippen LogP contribution >= 0.6 is 0 Å². The van der Waals surface area contributed by atoms with Gasteiger partial charge in [0.05, 0.1) is 40.0 Å². The van der Waals surface area contributed by atoms with Crippen molar-refractivity contribution in [3.8, 4) is 11.5 Å². The number of rotatable bonds is 7. The van der Waals surface area contributed by atoms with Gasteiger partial charge in [0.1, 0.15) is 11.5 Å². The van der Waals surface area contributed by atoms with Crippen LogP contribution in [0.1, 0.15) is 11.1 Å². The van der Waals surface area contributed by atoms with Gasteiger partial charge in [-0.1, -0.05) is 0 Å². The van der Waals surface area contributed by atoms with Crippen molar-refractivity contribution in [3.63, 3.8) is 0 Å². The summed E-state index contributed by atoms with van der Waals surface area (Å²) in [5.74, 6) is 1.52. The van der Waals surface area contributed by atoms with E-state index in [0.29, 0.717) is 13.2 Å². The Hall–Kier alpha value is -1.30. The minimum Gasteiger partial charge on any atom is -0.496 e. The lowest BCUT2D eigenvalue weighted by Crippen LogP contribution is -2.13. The average molecular weight is 241 g/mol. The van der Waals surface area contributed by atoms with Gasteiger partial charge in [0, 0.05) is 12.7 Å². The van der Waals surface area contributed by atoms with Crippen LogP contribution in [0.25, 0.3) is 0 Å². The summed E-state index contributed by atoms with van der Waals surface area (Å²) in [6.45, 7) is 0.994. The molecule has 0 bridgehead atoms. The van der Waals surface area contributed by atoms with Gasteiger partial charge >= 0.3 is 0 Å². The third kappa shape index (κ3) is 3.33. The third-order valence-electron chi connectivity index (χ3n) is 2.42. The summed E-state index contributed by atoms with van der Waals surface area (Å²) < 4.78 is 15.8. The van der Waals surface area contributed by atoms with E-state index in [4.69, 9.17) is 19.0 Å². The molecule has 0 aliphatic rings. The first-order valence-corrected chi connectivity index (χ1v) is 5.26. The van der Waals surface area contributed by atoms with Gasteiger partial charge < -0.3 is 19.0 Å². The van der Waals surface area contributed by atoms with E-state index in [1.807, 2.05) is 12.1 Å². The Bertz CT molecular complexity index is 355. The van der Waals surface area contributed by atoms with E-state index >= 15 is 0 Å². The summed E-state index contributed by atoms with van der Waals surface area (Å²) in [7, 11) is 6.47. The van der Waals surface area contributed by atoms with Gasteiger partial charge in [-0.3, -0.25) is 0 Å². The number of hydrogen-bond acceptors (Lipinski definition) is 5. The standard InChI is InChI=1S/C12H19NO4/c1-14-8-9-5-6-11(15-2)10(7-13-17-4)12(9)16-3/h5-6,13H,7-8H2,1-4H3. The van der Waals surface area contributed by atoms with Crippen molar-refractivity contribution in [1.82, 2.24) is 5.48 Å². The Kier molecular flexibility index (Phi) is 5.76. The number of nitrogens with one attached hydrogen (secondary N) is 1. The lowest BCUT2D eigenvalue weighted by Gasteiger charge is -2.16. The molecule has 1 N–H and O–H groups in total. The second kappa shape index (κ2) is 7.11. The van der Waals surface area contributed by atoms with Gasteiger partial charge in [0.2, 0.25) is 0 Å². The number of hydroxylamine groups is 1. The summed E-state index contributed by atoms with van der Waals surface area (Å²) in [5.41, 5.74) is 4.67. The Morgan fingerprint density at radius 2 is 1.82 bits per heavy atom. The van der Waals surface area contributed by atoms with Crippen LogP contribution in [-0.4, -0.2) is 28.4 Å². The van der Waals surface area contributed by atoms with E-state index in [1.54, 1.807) is 28.4 Å². The van der Waals surface area contributed by atoms with Crippen molar-refractivity contribution < 1.29 is 19.0 Å². The van der Waals surface area contributed by atoms with Crippen LogP contribution in [0.5, 0.6) is 11.5 Å². The van der Waals surface area contributed by atoms with E-state index in [1.165, 1.54) is 0 Å². The molecule has 17 heavy (non-hydrogen) atoms. The first-order valence-electron chi connectivity index (χ1n) is 5.26. The highest BCUT2D eigenvalue weighted by atomic mass is 16.6. The first kappa shape index (κ1) is 13.8. The second-order valence-electron chi connectivity index (χ2n) is 3.40. The molecule has 0 aromatic heterocycles. The van der Waals surface area contributed by atoms with Crippen LogP contribution < -0.4 is 15.0 Å². The fraction of sp³-hybridized carbons (Fsp3) is 0.500. The molecule has 0 fully saturated rings. The molecule has 0 atom stereocenters. The van der Waals surface area contributed by atoms with Crippen LogP contribution in [0.15, 0.2) is 12.1 Å². The van der Waals surface area contributed by atoms with Crippen LogP contribution in [0.2, 0.25) is 0 Å². The molecule has 0 aliphatic carbocycles. The summed E-state index contributed by atoms with van der Waals surface area (Å²) in [6.07, 6.45) is 0. The van der Waals surface area contributed by atoms with Crippen LogP contribution in [0, 0.1) is 0 Å². The van der Waals surface area contributed by atoms with Gasteiger partial charge in [-0.15, -0.1) is 0 Å². The third-order valence-corrected chi connectivity index (χ3v) is 2.42. The molecule has 96 valence electrons. The average Bonchev–Trinajstić information content (AvgIpc) is 2.36. The predicted molar refractivity (Wildman–Crippen MR) is 64.1 cm³/mol. The SMILES string of the molecule is COCc1ccc(OC)c(CNOC)c1OC. The van der Waals surface area contributed by atoms with E-state index in [0.717, 1.165) is 22.6 Å². The molecular weight excluding hydrogens is 222 g/mol. The molecule has 0 amide bonds. The number of methoxy groups -OCH3 is 3. The van der Waals surface area contributed by atoms with Gasteiger partial charge in [0.15, 0.2) is 0 Å². The summed E-state index contributed by atoms with van der Waals surface area (Å²) in [4.78, 5) is 4.85. The number of benzene rings is 1. The maximum Gasteiger partial charge on any atom is 0.132 e. The zero-order chi connectivity index (χ0) is 12.7. The van der Waals surface area contributed by atoms with Crippen molar-refractivity contribution in [2.24, 2.45) is 0 Å². The van der Waals surface area contributed by atoms with E-state index in [-0.39, 0.29) is 0 Å². The molecule has 0 spiro atoms. The smallest absolute Gasteiger partial charge is 0.132 e. The minimum absolute atomic E-state index is 0.493. The molecule has 0 heterocycles. The van der Waals surface area contributed by atoms with E-state index < -0.39 is 0 Å². The zero-order valence-corrected chi connectivity index (χ0v) is 10.7. The summed E-state index contributed by atoms with van der Waals surface area (Å²) in [6, 6.07) is 3.82. The summed E-state index contributed by atoms with van der Waals surface area (Å²) >= 11 is 0. The maximum absolute atomic E-state index is 5.41. The maximum atomic E-state index is 5.41. The molecule has 0 radical (unpaired) electrons. The highest BCUT2D eigenvalue weighted by Gasteiger charge is 2.14. The molecule has 1 rings (SSSR count). The fourth-order valence-corrected chi connectivity index (χ4v) is 1.68. The Labute approximate surface area is 102 Å². The molecule has 0 aliphatic heterocycles. The first-order chi connectivity index (χ1) is 8.28. The van der Waals surface area contributed by atoms with Crippen molar-refractivity contribution in [3.05, 3.63) is 23.3 Å². The van der Waals surface area contributed by atoms with E-state index in [2.05, 4.69) is 5.48 Å². The van der Waals surface area contributed by atoms with Crippen molar-refractivity contribution >= 4 is 0 Å².